The first kappa shape index (κ1) is 30.8. The van der Waals surface area contributed by atoms with Gasteiger partial charge < -0.3 is 25.2 Å². The second-order valence-corrected chi connectivity index (χ2v) is 14.2. The van der Waals surface area contributed by atoms with Crippen molar-refractivity contribution in [1.82, 2.24) is 5.32 Å². The van der Waals surface area contributed by atoms with E-state index in [2.05, 4.69) is 26.1 Å². The second kappa shape index (κ2) is 11.4. The Labute approximate surface area is 238 Å². The molecule has 4 saturated carbocycles. The Morgan fingerprint density at radius 2 is 1.78 bits per heavy atom. The number of amides is 1. The van der Waals surface area contributed by atoms with Crippen molar-refractivity contribution in [3.8, 4) is 0 Å². The van der Waals surface area contributed by atoms with Crippen molar-refractivity contribution in [2.45, 2.75) is 96.9 Å². The number of hydrogen-bond donors (Lipinski definition) is 4. The molecule has 0 aromatic carbocycles. The number of carbonyl (C=O) groups is 1. The summed E-state index contributed by atoms with van der Waals surface area (Å²) in [5.41, 5.74) is -0.267. The molecule has 36 heavy (non-hydrogen) atoms. The SMILES string of the molecule is CC(CCC(=O)NCCS(=O)(=O)[O-])C1CC[C@H]2[C@@H]3C(O)C[C@@H]4CC(O)CC[C@]4(C)[C@@H]3CC(O)[C@]12C.[Na+]. The first-order valence-electron chi connectivity index (χ1n) is 13.5. The molecule has 202 valence electrons. The van der Waals surface area contributed by atoms with Gasteiger partial charge in [-0.2, -0.15) is 0 Å². The van der Waals surface area contributed by atoms with Crippen molar-refractivity contribution in [1.29, 1.82) is 0 Å². The number of hydrogen-bond acceptors (Lipinski definition) is 7. The molecule has 11 atom stereocenters. The minimum Gasteiger partial charge on any atom is -0.748 e. The van der Waals surface area contributed by atoms with E-state index in [1.165, 1.54) is 0 Å². The molecule has 0 aromatic heterocycles. The molecule has 4 N–H and O–H groups in total. The van der Waals surface area contributed by atoms with Gasteiger partial charge in [0.2, 0.25) is 5.91 Å². The molecule has 4 fully saturated rings. The average molecular weight is 538 g/mol. The summed E-state index contributed by atoms with van der Waals surface area (Å²) in [5, 5.41) is 35.7. The maximum Gasteiger partial charge on any atom is 1.00 e. The number of nitrogens with one attached hydrogen (secondary N) is 1. The van der Waals surface area contributed by atoms with Crippen molar-refractivity contribution in [2.75, 3.05) is 12.3 Å². The summed E-state index contributed by atoms with van der Waals surface area (Å²) in [6.45, 7) is 6.48. The van der Waals surface area contributed by atoms with Gasteiger partial charge in [0, 0.05) is 13.0 Å². The summed E-state index contributed by atoms with van der Waals surface area (Å²) < 4.78 is 32.2. The first-order valence-corrected chi connectivity index (χ1v) is 15.1. The van der Waals surface area contributed by atoms with Gasteiger partial charge >= 0.3 is 29.6 Å². The van der Waals surface area contributed by atoms with E-state index in [1.807, 2.05) is 0 Å². The summed E-state index contributed by atoms with van der Waals surface area (Å²) in [6.07, 6.45) is 5.58. The van der Waals surface area contributed by atoms with Gasteiger partial charge in [-0.25, -0.2) is 8.42 Å². The van der Waals surface area contributed by atoms with Crippen LogP contribution < -0.4 is 34.9 Å². The molecule has 4 aliphatic rings. The van der Waals surface area contributed by atoms with E-state index in [0.29, 0.717) is 18.8 Å². The molecule has 0 spiro atoms. The topological polar surface area (TPSA) is 147 Å². The maximum absolute atomic E-state index is 12.2. The predicted molar refractivity (Wildman–Crippen MR) is 130 cm³/mol. The Hall–Kier alpha value is 0.260. The molecule has 4 rings (SSSR count). The number of aliphatic hydroxyl groups is 3. The van der Waals surface area contributed by atoms with Crippen LogP contribution in [0.1, 0.15) is 78.6 Å². The summed E-state index contributed by atoms with van der Waals surface area (Å²) in [5.74, 6) is 0.522. The fraction of sp³-hybridized carbons (Fsp3) is 0.962. The summed E-state index contributed by atoms with van der Waals surface area (Å²) in [7, 11) is -4.35. The van der Waals surface area contributed by atoms with Crippen molar-refractivity contribution in [2.24, 2.45) is 46.3 Å². The Morgan fingerprint density at radius 3 is 2.44 bits per heavy atom. The van der Waals surface area contributed by atoms with Gasteiger partial charge in [0.25, 0.3) is 0 Å². The Bertz CT molecular complexity index is 903. The Kier molecular flexibility index (Phi) is 9.75. The molecule has 0 aromatic rings. The van der Waals surface area contributed by atoms with Gasteiger partial charge in [-0.3, -0.25) is 4.79 Å². The van der Waals surface area contributed by atoms with Gasteiger partial charge in [0.05, 0.1) is 34.2 Å². The van der Waals surface area contributed by atoms with Crippen LogP contribution in [0.5, 0.6) is 0 Å². The predicted octanol–water partition coefficient (Wildman–Crippen LogP) is -0.970. The van der Waals surface area contributed by atoms with E-state index in [-0.39, 0.29) is 95.0 Å². The third-order valence-electron chi connectivity index (χ3n) is 11.0. The summed E-state index contributed by atoms with van der Waals surface area (Å²) >= 11 is 0. The van der Waals surface area contributed by atoms with Crippen molar-refractivity contribution >= 4 is 16.0 Å². The number of aliphatic hydroxyl groups excluding tert-OH is 3. The molecule has 0 heterocycles. The Morgan fingerprint density at radius 1 is 1.08 bits per heavy atom. The van der Waals surface area contributed by atoms with Crippen molar-refractivity contribution in [3.05, 3.63) is 0 Å². The van der Waals surface area contributed by atoms with E-state index in [9.17, 15) is 33.1 Å². The number of rotatable bonds is 7. The quantitative estimate of drug-likeness (QED) is 0.241. The minimum atomic E-state index is -4.35. The monoisotopic (exact) mass is 537 g/mol. The van der Waals surface area contributed by atoms with Crippen LogP contribution in [0, 0.1) is 46.3 Å². The minimum absolute atomic E-state index is 0. The molecular weight excluding hydrogens is 493 g/mol. The Balaban J connectivity index is 0.00000361. The third kappa shape index (κ3) is 5.74. The van der Waals surface area contributed by atoms with Gasteiger partial charge in [-0.15, -0.1) is 0 Å². The number of fused-ring (bicyclic) bond motifs is 5. The van der Waals surface area contributed by atoms with E-state index in [4.69, 9.17) is 0 Å². The molecule has 0 saturated heterocycles. The van der Waals surface area contributed by atoms with Crippen LogP contribution in [0.3, 0.4) is 0 Å². The molecular formula is C26H44NNaO7S. The standard InChI is InChI=1S/C26H45NO7S.Na/c1-15(4-7-23(31)27-10-11-35(32,33)34)18-5-6-19-24-20(14-22(30)26(18,19)3)25(2)9-8-17(28)12-16(25)13-21(24)29;/h15-22,24,28-30H,4-14H2,1-3H3,(H,27,31)(H,32,33,34);/q;+1/p-1/t15?,16-,17?,18?,19-,20+,21?,22?,24-,25-,26+;/m0./s1. The second-order valence-electron chi connectivity index (χ2n) is 12.7. The molecule has 8 nitrogen and oxygen atoms in total. The third-order valence-corrected chi connectivity index (χ3v) is 11.7. The van der Waals surface area contributed by atoms with Crippen LogP contribution in [0.2, 0.25) is 0 Å². The largest absolute Gasteiger partial charge is 1.00 e. The van der Waals surface area contributed by atoms with Gasteiger partial charge in [0.1, 0.15) is 0 Å². The molecule has 10 heteroatoms. The maximum atomic E-state index is 12.2. The molecule has 4 aliphatic carbocycles. The average Bonchev–Trinajstić information content (AvgIpc) is 3.12. The molecule has 0 radical (unpaired) electrons. The van der Waals surface area contributed by atoms with Gasteiger partial charge in [-0.05, 0) is 97.7 Å². The van der Waals surface area contributed by atoms with Crippen LogP contribution in [-0.4, -0.2) is 64.8 Å². The van der Waals surface area contributed by atoms with Crippen molar-refractivity contribution < 1.29 is 62.6 Å². The van der Waals surface area contributed by atoms with E-state index >= 15 is 0 Å². The zero-order valence-electron chi connectivity index (χ0n) is 22.4. The molecule has 1 amide bonds. The van der Waals surface area contributed by atoms with Gasteiger partial charge in [0.15, 0.2) is 0 Å². The zero-order chi connectivity index (χ0) is 25.8. The first-order chi connectivity index (χ1) is 16.3. The van der Waals surface area contributed by atoms with E-state index in [1.54, 1.807) is 0 Å². The summed E-state index contributed by atoms with van der Waals surface area (Å²) in [4.78, 5) is 12.2. The van der Waals surface area contributed by atoms with Crippen LogP contribution >= 0.6 is 0 Å². The fourth-order valence-electron chi connectivity index (χ4n) is 9.10. The van der Waals surface area contributed by atoms with Gasteiger partial charge in [-0.1, -0.05) is 20.8 Å². The molecule has 0 aliphatic heterocycles. The van der Waals surface area contributed by atoms with E-state index < -0.39 is 28.1 Å². The molecule has 0 bridgehead atoms. The molecule has 5 unspecified atom stereocenters. The van der Waals surface area contributed by atoms with Crippen molar-refractivity contribution in [3.63, 3.8) is 0 Å². The van der Waals surface area contributed by atoms with Crippen LogP contribution in [0.25, 0.3) is 0 Å². The van der Waals surface area contributed by atoms with E-state index in [0.717, 1.165) is 38.5 Å². The normalized spacial score (nSPS) is 45.0. The smallest absolute Gasteiger partial charge is 0.748 e. The van der Waals surface area contributed by atoms with Crippen LogP contribution in [0.15, 0.2) is 0 Å². The summed E-state index contributed by atoms with van der Waals surface area (Å²) in [6, 6.07) is 0. The van der Waals surface area contributed by atoms with Crippen LogP contribution in [-0.2, 0) is 14.9 Å². The number of carbonyl (C=O) groups excluding carboxylic acids is 1. The van der Waals surface area contributed by atoms with Crippen LogP contribution in [0.4, 0.5) is 0 Å². The zero-order valence-corrected chi connectivity index (χ0v) is 25.2. The fourth-order valence-corrected chi connectivity index (χ4v) is 9.45.